The Hall–Kier alpha value is -2.56. The molecule has 5 heteroatoms. The number of hydrogen-bond donors (Lipinski definition) is 2. The van der Waals surface area contributed by atoms with E-state index >= 15 is 0 Å². The molecule has 0 radical (unpaired) electrons. The molecule has 1 aromatic heterocycles. The van der Waals surface area contributed by atoms with E-state index in [1.165, 1.54) is 5.56 Å². The molecule has 1 amide bonds. The third-order valence-electron chi connectivity index (χ3n) is 2.92. The summed E-state index contributed by atoms with van der Waals surface area (Å²) in [6, 6.07) is 8.89. The Morgan fingerprint density at radius 2 is 1.95 bits per heavy atom. The van der Waals surface area contributed by atoms with Crippen LogP contribution in [0.25, 0.3) is 0 Å². The van der Waals surface area contributed by atoms with E-state index in [2.05, 4.69) is 4.98 Å². The second kappa shape index (κ2) is 6.56. The number of rotatable bonds is 6. The summed E-state index contributed by atoms with van der Waals surface area (Å²) < 4.78 is 5.59. The van der Waals surface area contributed by atoms with E-state index in [9.17, 15) is 4.79 Å². The van der Waals surface area contributed by atoms with E-state index in [0.717, 1.165) is 12.8 Å². The van der Waals surface area contributed by atoms with Crippen LogP contribution in [-0.2, 0) is 6.42 Å². The molecule has 20 heavy (non-hydrogen) atoms. The summed E-state index contributed by atoms with van der Waals surface area (Å²) in [5, 5.41) is 0. The van der Waals surface area contributed by atoms with Crippen molar-refractivity contribution in [1.82, 2.24) is 4.98 Å². The van der Waals surface area contributed by atoms with Crippen molar-refractivity contribution in [3.05, 3.63) is 53.9 Å². The van der Waals surface area contributed by atoms with Gasteiger partial charge in [0.05, 0.1) is 12.2 Å². The van der Waals surface area contributed by atoms with Crippen molar-refractivity contribution in [3.8, 4) is 5.75 Å². The lowest BCUT2D eigenvalue weighted by Crippen LogP contribution is -2.13. The van der Waals surface area contributed by atoms with Gasteiger partial charge in [0, 0.05) is 18.1 Å². The van der Waals surface area contributed by atoms with Gasteiger partial charge in [-0.3, -0.25) is 9.78 Å². The average molecular weight is 271 g/mol. The van der Waals surface area contributed by atoms with Crippen molar-refractivity contribution in [3.63, 3.8) is 0 Å². The Bertz CT molecular complexity index is 585. The van der Waals surface area contributed by atoms with Gasteiger partial charge >= 0.3 is 0 Å². The molecule has 0 unspecified atom stereocenters. The second-order valence-corrected chi connectivity index (χ2v) is 4.42. The first-order valence-corrected chi connectivity index (χ1v) is 6.38. The molecule has 2 aromatic rings. The van der Waals surface area contributed by atoms with Crippen LogP contribution in [-0.4, -0.2) is 17.5 Å². The first-order valence-electron chi connectivity index (χ1n) is 6.38. The number of ether oxygens (including phenoxy) is 1. The number of aryl methyl sites for hydroxylation is 1. The highest BCUT2D eigenvalue weighted by Gasteiger charge is 2.07. The fourth-order valence-electron chi connectivity index (χ4n) is 1.85. The molecular weight excluding hydrogens is 254 g/mol. The molecule has 0 spiro atoms. The predicted molar refractivity (Wildman–Crippen MR) is 77.4 cm³/mol. The number of nitrogen functional groups attached to an aromatic ring is 1. The minimum atomic E-state index is -0.551. The van der Waals surface area contributed by atoms with E-state index in [1.54, 1.807) is 30.6 Å². The van der Waals surface area contributed by atoms with E-state index in [-0.39, 0.29) is 5.56 Å². The first kappa shape index (κ1) is 13.9. The number of benzene rings is 1. The molecule has 0 aliphatic rings. The lowest BCUT2D eigenvalue weighted by Gasteiger charge is -2.08. The van der Waals surface area contributed by atoms with Crippen LogP contribution in [0.1, 0.15) is 22.3 Å². The number of primary amides is 1. The maximum absolute atomic E-state index is 11.2. The predicted octanol–water partition coefficient (Wildman–Crippen LogP) is 1.77. The van der Waals surface area contributed by atoms with Crippen LogP contribution in [0.4, 0.5) is 5.69 Å². The second-order valence-electron chi connectivity index (χ2n) is 4.42. The molecule has 2 rings (SSSR count). The molecule has 104 valence electrons. The Morgan fingerprint density at radius 3 is 2.65 bits per heavy atom. The van der Waals surface area contributed by atoms with E-state index in [4.69, 9.17) is 16.2 Å². The van der Waals surface area contributed by atoms with Crippen LogP contribution in [0.2, 0.25) is 0 Å². The summed E-state index contributed by atoms with van der Waals surface area (Å²) in [5.74, 6) is 0.0486. The lowest BCUT2D eigenvalue weighted by atomic mass is 10.1. The molecule has 0 fully saturated rings. The van der Waals surface area contributed by atoms with Gasteiger partial charge in [-0.15, -0.1) is 0 Å². The number of nitrogens with two attached hydrogens (primary N) is 2. The minimum Gasteiger partial charge on any atom is -0.494 e. The summed E-state index contributed by atoms with van der Waals surface area (Å²) in [5.41, 5.74) is 12.8. The zero-order valence-corrected chi connectivity index (χ0v) is 11.1. The van der Waals surface area contributed by atoms with Crippen LogP contribution >= 0.6 is 0 Å². The summed E-state index contributed by atoms with van der Waals surface area (Å²) in [6.07, 6.45) is 5.34. The molecule has 4 N–H and O–H groups in total. The monoisotopic (exact) mass is 271 g/mol. The summed E-state index contributed by atoms with van der Waals surface area (Å²) in [6.45, 7) is 0.560. The van der Waals surface area contributed by atoms with E-state index < -0.39 is 5.91 Å². The minimum absolute atomic E-state index is 0.289. The van der Waals surface area contributed by atoms with Crippen LogP contribution in [0.15, 0.2) is 42.7 Å². The Morgan fingerprint density at radius 1 is 1.20 bits per heavy atom. The number of nitrogens with zero attached hydrogens (tertiary/aromatic N) is 1. The summed E-state index contributed by atoms with van der Waals surface area (Å²) in [4.78, 5) is 15.1. The van der Waals surface area contributed by atoms with Crippen LogP contribution in [0.3, 0.4) is 0 Å². The number of pyridine rings is 1. The molecule has 0 bridgehead atoms. The van der Waals surface area contributed by atoms with E-state index in [1.807, 2.05) is 12.1 Å². The Kier molecular flexibility index (Phi) is 4.55. The smallest absolute Gasteiger partial charge is 0.250 e. The molecule has 0 atom stereocenters. The van der Waals surface area contributed by atoms with Crippen LogP contribution in [0, 0.1) is 0 Å². The van der Waals surface area contributed by atoms with Crippen molar-refractivity contribution < 1.29 is 9.53 Å². The molecule has 0 aliphatic heterocycles. The van der Waals surface area contributed by atoms with Crippen molar-refractivity contribution in [2.24, 2.45) is 5.73 Å². The summed E-state index contributed by atoms with van der Waals surface area (Å²) >= 11 is 0. The molecule has 0 saturated heterocycles. The van der Waals surface area contributed by atoms with Gasteiger partial charge in [-0.1, -0.05) is 0 Å². The highest BCUT2D eigenvalue weighted by molar-refractivity contribution is 5.98. The maximum atomic E-state index is 11.2. The number of carbonyl (C=O) groups excluding carboxylic acids is 1. The van der Waals surface area contributed by atoms with Crippen molar-refractivity contribution >= 4 is 11.6 Å². The third-order valence-corrected chi connectivity index (χ3v) is 2.92. The van der Waals surface area contributed by atoms with Gasteiger partial charge in [0.1, 0.15) is 5.75 Å². The number of hydrogen-bond acceptors (Lipinski definition) is 4. The Balaban J connectivity index is 1.85. The number of amides is 1. The van der Waals surface area contributed by atoms with Crippen molar-refractivity contribution in [2.75, 3.05) is 12.3 Å². The third kappa shape index (κ3) is 3.71. The fourth-order valence-corrected chi connectivity index (χ4v) is 1.85. The van der Waals surface area contributed by atoms with Gasteiger partial charge in [-0.25, -0.2) is 0 Å². The SMILES string of the molecule is NC(=O)c1cc(OCCCc2ccncc2)ccc1N. The molecule has 0 saturated carbocycles. The highest BCUT2D eigenvalue weighted by Crippen LogP contribution is 2.19. The zero-order valence-electron chi connectivity index (χ0n) is 11.1. The van der Waals surface area contributed by atoms with Gasteiger partial charge in [-0.2, -0.15) is 0 Å². The van der Waals surface area contributed by atoms with Gasteiger partial charge in [0.2, 0.25) is 0 Å². The fraction of sp³-hybridized carbons (Fsp3) is 0.200. The quantitative estimate of drug-likeness (QED) is 0.618. The molecule has 0 aliphatic carbocycles. The molecular formula is C15H17N3O2. The maximum Gasteiger partial charge on any atom is 0.250 e. The first-order chi connectivity index (χ1) is 9.66. The van der Waals surface area contributed by atoms with Gasteiger partial charge in [0.25, 0.3) is 5.91 Å². The van der Waals surface area contributed by atoms with Gasteiger partial charge < -0.3 is 16.2 Å². The van der Waals surface area contributed by atoms with Gasteiger partial charge in [0.15, 0.2) is 0 Å². The largest absolute Gasteiger partial charge is 0.494 e. The Labute approximate surface area is 117 Å². The number of anilines is 1. The van der Waals surface area contributed by atoms with Crippen molar-refractivity contribution in [2.45, 2.75) is 12.8 Å². The van der Waals surface area contributed by atoms with Crippen LogP contribution < -0.4 is 16.2 Å². The topological polar surface area (TPSA) is 91.2 Å². The van der Waals surface area contributed by atoms with E-state index in [0.29, 0.717) is 18.0 Å². The zero-order chi connectivity index (χ0) is 14.4. The van der Waals surface area contributed by atoms with Crippen molar-refractivity contribution in [1.29, 1.82) is 0 Å². The van der Waals surface area contributed by atoms with Gasteiger partial charge in [-0.05, 0) is 48.7 Å². The molecule has 5 nitrogen and oxygen atoms in total. The lowest BCUT2D eigenvalue weighted by molar-refractivity contribution is 0.100. The van der Waals surface area contributed by atoms with Crippen LogP contribution in [0.5, 0.6) is 5.75 Å². The normalized spacial score (nSPS) is 10.2. The standard InChI is InChI=1S/C15H17N3O2/c16-14-4-3-12(10-13(14)15(17)19)20-9-1-2-11-5-7-18-8-6-11/h3-8,10H,1-2,9,16H2,(H2,17,19). The number of aromatic nitrogens is 1. The number of carbonyl (C=O) groups is 1. The average Bonchev–Trinajstić information content (AvgIpc) is 2.46. The molecule has 1 aromatic carbocycles. The summed E-state index contributed by atoms with van der Waals surface area (Å²) in [7, 11) is 0. The highest BCUT2D eigenvalue weighted by atomic mass is 16.5. The molecule has 1 heterocycles.